The molecule has 2 N–H and O–H groups in total. The zero-order valence-corrected chi connectivity index (χ0v) is 10.8. The Hall–Kier alpha value is -2.44. The third-order valence-electron chi connectivity index (χ3n) is 2.77. The molecule has 0 aliphatic carbocycles. The molecule has 0 atom stereocenters. The van der Waals surface area contributed by atoms with Gasteiger partial charge in [-0.3, -0.25) is 4.79 Å². The molecular weight excluding hydrogens is 246 g/mol. The Labute approximate surface area is 108 Å². The molecule has 7 heteroatoms. The van der Waals surface area contributed by atoms with E-state index in [1.165, 1.54) is 12.7 Å². The second kappa shape index (κ2) is 3.78. The molecule has 0 aromatic carbocycles. The topological polar surface area (TPSA) is 100 Å². The minimum absolute atomic E-state index is 0.204. The van der Waals surface area contributed by atoms with E-state index in [1.54, 1.807) is 0 Å². The number of rotatable bonds is 1. The van der Waals surface area contributed by atoms with Gasteiger partial charge in [-0.1, -0.05) is 20.8 Å². The standard InChI is InChI=1S/C12H13N5O2/c1-12(2,3)8-6(15-5-19-8)10-16-7-9(17-10)13-4-14-11(7)18/h4-5H,1-3H3,(H2,13,14,16,17,18). The van der Waals surface area contributed by atoms with Gasteiger partial charge in [-0.2, -0.15) is 0 Å². The van der Waals surface area contributed by atoms with E-state index in [0.29, 0.717) is 28.4 Å². The first-order chi connectivity index (χ1) is 8.97. The van der Waals surface area contributed by atoms with Crippen molar-refractivity contribution in [2.24, 2.45) is 0 Å². The zero-order valence-electron chi connectivity index (χ0n) is 10.8. The third-order valence-corrected chi connectivity index (χ3v) is 2.77. The molecule has 3 aromatic heterocycles. The fourth-order valence-electron chi connectivity index (χ4n) is 1.90. The minimum atomic E-state index is -0.260. The fraction of sp³-hybridized carbons (Fsp3) is 0.333. The number of imidazole rings is 1. The average molecular weight is 259 g/mol. The van der Waals surface area contributed by atoms with Crippen LogP contribution in [-0.4, -0.2) is 24.9 Å². The molecule has 0 amide bonds. The van der Waals surface area contributed by atoms with E-state index in [2.05, 4.69) is 24.9 Å². The van der Waals surface area contributed by atoms with E-state index >= 15 is 0 Å². The number of nitrogens with zero attached hydrogens (tertiary/aromatic N) is 3. The maximum Gasteiger partial charge on any atom is 0.276 e. The van der Waals surface area contributed by atoms with Crippen molar-refractivity contribution in [3.05, 3.63) is 28.8 Å². The van der Waals surface area contributed by atoms with Crippen molar-refractivity contribution in [2.75, 3.05) is 0 Å². The lowest BCUT2D eigenvalue weighted by molar-refractivity contribution is 0.409. The van der Waals surface area contributed by atoms with Gasteiger partial charge >= 0.3 is 0 Å². The van der Waals surface area contributed by atoms with E-state index < -0.39 is 0 Å². The summed E-state index contributed by atoms with van der Waals surface area (Å²) in [5.41, 5.74) is 0.835. The normalized spacial score (nSPS) is 12.2. The number of hydrogen-bond donors (Lipinski definition) is 2. The van der Waals surface area contributed by atoms with Gasteiger partial charge in [0, 0.05) is 5.41 Å². The Kier molecular flexibility index (Phi) is 2.31. The monoisotopic (exact) mass is 259 g/mol. The lowest BCUT2D eigenvalue weighted by atomic mass is 9.92. The molecule has 0 saturated heterocycles. The largest absolute Gasteiger partial charge is 0.447 e. The van der Waals surface area contributed by atoms with Gasteiger partial charge < -0.3 is 14.4 Å². The zero-order chi connectivity index (χ0) is 13.6. The van der Waals surface area contributed by atoms with E-state index in [-0.39, 0.29) is 11.0 Å². The quantitative estimate of drug-likeness (QED) is 0.691. The molecule has 7 nitrogen and oxygen atoms in total. The van der Waals surface area contributed by atoms with Gasteiger partial charge in [-0.25, -0.2) is 15.0 Å². The highest BCUT2D eigenvalue weighted by Crippen LogP contribution is 2.30. The molecule has 3 rings (SSSR count). The van der Waals surface area contributed by atoms with Crippen LogP contribution in [0.3, 0.4) is 0 Å². The Morgan fingerprint density at radius 2 is 2.05 bits per heavy atom. The summed E-state index contributed by atoms with van der Waals surface area (Å²) in [5.74, 6) is 1.20. The maximum absolute atomic E-state index is 11.6. The highest BCUT2D eigenvalue weighted by Gasteiger charge is 2.25. The van der Waals surface area contributed by atoms with Crippen molar-refractivity contribution in [3.63, 3.8) is 0 Å². The Morgan fingerprint density at radius 3 is 2.74 bits per heavy atom. The second-order valence-electron chi connectivity index (χ2n) is 5.30. The van der Waals surface area contributed by atoms with Crippen molar-refractivity contribution in [3.8, 4) is 11.5 Å². The smallest absolute Gasteiger partial charge is 0.276 e. The van der Waals surface area contributed by atoms with Crippen molar-refractivity contribution in [1.82, 2.24) is 24.9 Å². The van der Waals surface area contributed by atoms with Crippen LogP contribution in [0.4, 0.5) is 0 Å². The van der Waals surface area contributed by atoms with Gasteiger partial charge in [0.15, 0.2) is 23.4 Å². The van der Waals surface area contributed by atoms with Crippen LogP contribution < -0.4 is 5.56 Å². The SMILES string of the molecule is CC(C)(C)c1ocnc1-c1nc2nc[nH]c(=O)c2[nH]1. The first kappa shape index (κ1) is 11.6. The molecule has 0 aliphatic heterocycles. The second-order valence-corrected chi connectivity index (χ2v) is 5.30. The summed E-state index contributed by atoms with van der Waals surface area (Å²) in [6, 6.07) is 0. The van der Waals surface area contributed by atoms with Crippen LogP contribution in [0, 0.1) is 0 Å². The summed E-state index contributed by atoms with van der Waals surface area (Å²) >= 11 is 0. The lowest BCUT2D eigenvalue weighted by Gasteiger charge is -2.15. The third kappa shape index (κ3) is 1.83. The first-order valence-corrected chi connectivity index (χ1v) is 5.84. The number of nitrogens with one attached hydrogen (secondary N) is 2. The number of oxazole rings is 1. The van der Waals surface area contributed by atoms with Crippen molar-refractivity contribution >= 4 is 11.2 Å². The number of H-pyrrole nitrogens is 2. The maximum atomic E-state index is 11.6. The molecule has 0 radical (unpaired) electrons. The van der Waals surface area contributed by atoms with E-state index in [4.69, 9.17) is 4.42 Å². The van der Waals surface area contributed by atoms with Gasteiger partial charge in [0.1, 0.15) is 11.5 Å². The molecule has 0 unspecified atom stereocenters. The summed E-state index contributed by atoms with van der Waals surface area (Å²) in [5, 5.41) is 0. The van der Waals surface area contributed by atoms with Gasteiger partial charge in [-0.15, -0.1) is 0 Å². The lowest BCUT2D eigenvalue weighted by Crippen LogP contribution is -2.11. The molecule has 0 aliphatic rings. The minimum Gasteiger partial charge on any atom is -0.447 e. The molecular formula is C12H13N5O2. The van der Waals surface area contributed by atoms with Crippen LogP contribution in [0.1, 0.15) is 26.5 Å². The molecule has 0 spiro atoms. The number of hydrogen-bond acceptors (Lipinski definition) is 5. The van der Waals surface area contributed by atoms with Crippen molar-refractivity contribution in [2.45, 2.75) is 26.2 Å². The summed E-state index contributed by atoms with van der Waals surface area (Å²) in [7, 11) is 0. The van der Waals surface area contributed by atoms with Gasteiger partial charge in [0.25, 0.3) is 5.56 Å². The van der Waals surface area contributed by atoms with Crippen LogP contribution in [0.2, 0.25) is 0 Å². The van der Waals surface area contributed by atoms with E-state index in [1.807, 2.05) is 20.8 Å². The Balaban J connectivity index is 2.23. The molecule has 3 aromatic rings. The van der Waals surface area contributed by atoms with Crippen LogP contribution >= 0.6 is 0 Å². The predicted molar refractivity (Wildman–Crippen MR) is 68.7 cm³/mol. The number of aromatic nitrogens is 5. The molecule has 0 saturated carbocycles. The molecule has 98 valence electrons. The summed E-state index contributed by atoms with van der Waals surface area (Å²) < 4.78 is 5.43. The molecule has 3 heterocycles. The highest BCUT2D eigenvalue weighted by molar-refractivity contribution is 5.74. The average Bonchev–Trinajstić information content (AvgIpc) is 2.94. The van der Waals surface area contributed by atoms with E-state index in [9.17, 15) is 4.79 Å². The first-order valence-electron chi connectivity index (χ1n) is 5.84. The highest BCUT2D eigenvalue weighted by atomic mass is 16.3. The Bertz CT molecular complexity index is 790. The molecule has 0 fully saturated rings. The number of fused-ring (bicyclic) bond motifs is 1. The van der Waals surface area contributed by atoms with Gasteiger partial charge in [-0.05, 0) is 0 Å². The van der Waals surface area contributed by atoms with Crippen molar-refractivity contribution in [1.29, 1.82) is 0 Å². The van der Waals surface area contributed by atoms with Crippen molar-refractivity contribution < 1.29 is 4.42 Å². The van der Waals surface area contributed by atoms with Crippen LogP contribution in [0.15, 0.2) is 21.9 Å². The van der Waals surface area contributed by atoms with Crippen LogP contribution in [0.5, 0.6) is 0 Å². The van der Waals surface area contributed by atoms with Gasteiger partial charge in [0.05, 0.1) is 6.33 Å². The summed E-state index contributed by atoms with van der Waals surface area (Å²) in [4.78, 5) is 29.5. The predicted octanol–water partition coefficient (Wildman–Crippen LogP) is 1.60. The van der Waals surface area contributed by atoms with Crippen LogP contribution in [-0.2, 0) is 5.41 Å². The molecule has 0 bridgehead atoms. The number of aromatic amines is 2. The summed E-state index contributed by atoms with van der Waals surface area (Å²) in [6.07, 6.45) is 2.70. The summed E-state index contributed by atoms with van der Waals surface area (Å²) in [6.45, 7) is 6.06. The fourth-order valence-corrected chi connectivity index (χ4v) is 1.90. The van der Waals surface area contributed by atoms with Gasteiger partial charge in [0.2, 0.25) is 0 Å². The Morgan fingerprint density at radius 1 is 1.26 bits per heavy atom. The molecule has 19 heavy (non-hydrogen) atoms. The van der Waals surface area contributed by atoms with Crippen LogP contribution in [0.25, 0.3) is 22.7 Å². The van der Waals surface area contributed by atoms with E-state index in [0.717, 1.165) is 0 Å².